The van der Waals surface area contributed by atoms with Crippen LogP contribution in [-0.2, 0) is 13.3 Å². The topological polar surface area (TPSA) is 53.5 Å². The number of hydrogen-bond acceptors (Lipinski definition) is 5. The van der Waals surface area contributed by atoms with E-state index in [4.69, 9.17) is 13.3 Å². The van der Waals surface area contributed by atoms with E-state index in [2.05, 4.69) is 9.97 Å². The molecular weight excluding hydrogens is 332 g/mol. The summed E-state index contributed by atoms with van der Waals surface area (Å²) in [5.41, 5.74) is 1.53. The van der Waals surface area contributed by atoms with Crippen LogP contribution < -0.4 is 5.19 Å². The molecule has 136 valence electrons. The quantitative estimate of drug-likeness (QED) is 0.674. The smallest absolute Gasteiger partial charge is 0.367 e. The molecule has 0 aliphatic rings. The summed E-state index contributed by atoms with van der Waals surface area (Å²) in [5, 5.41) is 0.852. The van der Waals surface area contributed by atoms with Crippen LogP contribution in [0.3, 0.4) is 0 Å². The molecule has 2 rings (SSSR count). The van der Waals surface area contributed by atoms with Crippen LogP contribution in [-0.4, -0.2) is 37.1 Å². The molecular formula is C19H28N2O3Si. The highest BCUT2D eigenvalue weighted by molar-refractivity contribution is 6.76. The molecule has 0 saturated carbocycles. The van der Waals surface area contributed by atoms with Crippen molar-refractivity contribution in [1.82, 2.24) is 9.97 Å². The second-order valence-corrected chi connectivity index (χ2v) is 9.03. The third-order valence-corrected chi connectivity index (χ3v) is 6.63. The second-order valence-electron chi connectivity index (χ2n) is 6.67. The van der Waals surface area contributed by atoms with Gasteiger partial charge in [0.05, 0.1) is 16.6 Å². The van der Waals surface area contributed by atoms with E-state index in [0.29, 0.717) is 0 Å². The Morgan fingerprint density at radius 2 is 1.28 bits per heavy atom. The Bertz CT molecular complexity index is 636. The summed E-state index contributed by atoms with van der Waals surface area (Å²) >= 11 is 0. The molecule has 5 nitrogen and oxygen atoms in total. The van der Waals surface area contributed by atoms with Crippen LogP contribution in [0, 0.1) is 0 Å². The Morgan fingerprint density at radius 1 is 0.720 bits per heavy atom. The maximum Gasteiger partial charge on any atom is 0.540 e. The second kappa shape index (κ2) is 8.67. The minimum absolute atomic E-state index is 0.0408. The van der Waals surface area contributed by atoms with Gasteiger partial charge in [0.1, 0.15) is 0 Å². The molecule has 0 saturated heterocycles. The fourth-order valence-electron chi connectivity index (χ4n) is 2.56. The lowest BCUT2D eigenvalue weighted by Crippen LogP contribution is -2.60. The average Bonchev–Trinajstić information content (AvgIpc) is 2.53. The monoisotopic (exact) mass is 360 g/mol. The number of nitrogens with zero attached hydrogens (tertiary/aromatic N) is 2. The van der Waals surface area contributed by atoms with Crippen LogP contribution in [0.2, 0.25) is 0 Å². The highest BCUT2D eigenvalue weighted by Crippen LogP contribution is 2.22. The van der Waals surface area contributed by atoms with Gasteiger partial charge in [0.25, 0.3) is 0 Å². The van der Waals surface area contributed by atoms with E-state index in [9.17, 15) is 0 Å². The molecule has 0 radical (unpaired) electrons. The lowest BCUT2D eigenvalue weighted by Gasteiger charge is -2.35. The Kier molecular flexibility index (Phi) is 6.84. The average molecular weight is 361 g/mol. The molecule has 0 aromatic carbocycles. The van der Waals surface area contributed by atoms with Crippen molar-refractivity contribution in [2.24, 2.45) is 0 Å². The first kappa shape index (κ1) is 19.7. The Balaban J connectivity index is 2.64. The first-order valence-corrected chi connectivity index (χ1v) is 10.5. The minimum Gasteiger partial charge on any atom is -0.367 e. The van der Waals surface area contributed by atoms with Gasteiger partial charge < -0.3 is 13.3 Å². The van der Waals surface area contributed by atoms with Gasteiger partial charge in [0.2, 0.25) is 0 Å². The number of hydrogen-bond donors (Lipinski definition) is 0. The first-order chi connectivity index (χ1) is 11.8. The fraction of sp³-hybridized carbons (Fsp3) is 0.474. The van der Waals surface area contributed by atoms with E-state index in [1.54, 1.807) is 12.4 Å². The fourth-order valence-corrected chi connectivity index (χ4v) is 5.76. The zero-order chi connectivity index (χ0) is 18.4. The number of rotatable bonds is 8. The van der Waals surface area contributed by atoms with E-state index >= 15 is 0 Å². The molecule has 0 amide bonds. The standard InChI is InChI=1S/C19H28N2O3Si/c1-14(2)22-25(23-15(3)4,24-16(5)6)18-11-9-13-21-19(18)17-10-7-8-12-20-17/h7-16H,1-6H3. The van der Waals surface area contributed by atoms with Gasteiger partial charge in [-0.2, -0.15) is 0 Å². The minimum atomic E-state index is -3.19. The molecule has 0 aliphatic carbocycles. The third-order valence-electron chi connectivity index (χ3n) is 3.22. The molecule has 0 spiro atoms. The largest absolute Gasteiger partial charge is 0.540 e. The molecule has 6 heteroatoms. The normalized spacial score (nSPS) is 12.4. The van der Waals surface area contributed by atoms with Crippen molar-refractivity contribution < 1.29 is 13.3 Å². The first-order valence-electron chi connectivity index (χ1n) is 8.74. The Labute approximate surface area is 151 Å². The number of pyridine rings is 2. The maximum atomic E-state index is 6.33. The van der Waals surface area contributed by atoms with Gasteiger partial charge in [-0.1, -0.05) is 12.1 Å². The zero-order valence-corrected chi connectivity index (χ0v) is 16.9. The van der Waals surface area contributed by atoms with Crippen LogP contribution >= 0.6 is 0 Å². The summed E-state index contributed by atoms with van der Waals surface area (Å²) in [6.07, 6.45) is 3.39. The molecule has 2 aromatic rings. The van der Waals surface area contributed by atoms with Gasteiger partial charge in [-0.3, -0.25) is 9.97 Å². The van der Waals surface area contributed by atoms with E-state index in [1.165, 1.54) is 0 Å². The summed E-state index contributed by atoms with van der Waals surface area (Å²) in [6, 6.07) is 9.64. The van der Waals surface area contributed by atoms with Crippen LogP contribution in [0.4, 0.5) is 0 Å². The van der Waals surface area contributed by atoms with Crippen molar-refractivity contribution in [3.05, 3.63) is 42.7 Å². The summed E-state index contributed by atoms with van der Waals surface area (Å²) in [4.78, 5) is 9.02. The van der Waals surface area contributed by atoms with Crippen LogP contribution in [0.15, 0.2) is 42.7 Å². The predicted octanol–water partition coefficient (Wildman–Crippen LogP) is 3.56. The SMILES string of the molecule is CC(C)O[Si](OC(C)C)(OC(C)C)c1cccnc1-c1ccccn1. The lowest BCUT2D eigenvalue weighted by molar-refractivity contribution is 0.0154. The molecule has 0 atom stereocenters. The highest BCUT2D eigenvalue weighted by atomic mass is 28.4. The van der Waals surface area contributed by atoms with Crippen LogP contribution in [0.5, 0.6) is 0 Å². The van der Waals surface area contributed by atoms with Crippen molar-refractivity contribution in [2.45, 2.75) is 59.9 Å². The maximum absolute atomic E-state index is 6.33. The van der Waals surface area contributed by atoms with Gasteiger partial charge in [-0.05, 0) is 59.7 Å². The molecule has 0 bridgehead atoms. The molecule has 2 aromatic heterocycles. The molecule has 25 heavy (non-hydrogen) atoms. The van der Waals surface area contributed by atoms with Crippen LogP contribution in [0.1, 0.15) is 41.5 Å². The van der Waals surface area contributed by atoms with Crippen molar-refractivity contribution in [1.29, 1.82) is 0 Å². The van der Waals surface area contributed by atoms with E-state index in [0.717, 1.165) is 16.6 Å². The van der Waals surface area contributed by atoms with Gasteiger partial charge in [0.15, 0.2) is 0 Å². The van der Waals surface area contributed by atoms with Crippen LogP contribution in [0.25, 0.3) is 11.4 Å². The van der Waals surface area contributed by atoms with Gasteiger partial charge in [-0.15, -0.1) is 0 Å². The summed E-state index contributed by atoms with van der Waals surface area (Å²) in [7, 11) is -3.19. The van der Waals surface area contributed by atoms with E-state index in [1.807, 2.05) is 71.9 Å². The summed E-state index contributed by atoms with van der Waals surface area (Å²) < 4.78 is 19.0. The van der Waals surface area contributed by atoms with Crippen molar-refractivity contribution in [2.75, 3.05) is 0 Å². The summed E-state index contributed by atoms with van der Waals surface area (Å²) in [6.45, 7) is 12.0. The van der Waals surface area contributed by atoms with Gasteiger partial charge >= 0.3 is 8.80 Å². The van der Waals surface area contributed by atoms with E-state index in [-0.39, 0.29) is 18.3 Å². The Morgan fingerprint density at radius 3 is 1.76 bits per heavy atom. The predicted molar refractivity (Wildman–Crippen MR) is 102 cm³/mol. The molecule has 0 fully saturated rings. The molecule has 2 heterocycles. The molecule has 0 aliphatic heterocycles. The summed E-state index contributed by atoms with van der Waals surface area (Å²) in [5.74, 6) is 0. The Hall–Kier alpha value is -1.60. The van der Waals surface area contributed by atoms with Crippen molar-refractivity contribution >= 4 is 14.0 Å². The van der Waals surface area contributed by atoms with Crippen molar-refractivity contribution in [3.63, 3.8) is 0 Å². The third kappa shape index (κ3) is 5.18. The number of aromatic nitrogens is 2. The molecule has 0 N–H and O–H groups in total. The van der Waals surface area contributed by atoms with Gasteiger partial charge in [-0.25, -0.2) is 0 Å². The highest BCUT2D eigenvalue weighted by Gasteiger charge is 2.49. The zero-order valence-electron chi connectivity index (χ0n) is 15.9. The van der Waals surface area contributed by atoms with Gasteiger partial charge in [0, 0.05) is 30.7 Å². The van der Waals surface area contributed by atoms with Crippen molar-refractivity contribution in [3.8, 4) is 11.4 Å². The lowest BCUT2D eigenvalue weighted by atomic mass is 10.2. The van der Waals surface area contributed by atoms with E-state index < -0.39 is 8.80 Å². The molecule has 0 unspecified atom stereocenters.